The minimum Gasteiger partial charge on any atom is -0.367 e. The summed E-state index contributed by atoms with van der Waals surface area (Å²) in [5.74, 6) is -0.938. The van der Waals surface area contributed by atoms with Gasteiger partial charge >= 0.3 is 6.18 Å². The minimum absolute atomic E-state index is 0.00529. The summed E-state index contributed by atoms with van der Waals surface area (Å²) < 4.78 is 38.7. The average molecular weight is 357 g/mol. The number of hydrogen-bond donors (Lipinski definition) is 3. The number of nitrogens with two attached hydrogens (primary N) is 1. The Hall–Kier alpha value is -2.09. The Bertz CT molecular complexity index is 642. The molecule has 1 fully saturated rings. The molecule has 0 spiro atoms. The lowest BCUT2D eigenvalue weighted by Gasteiger charge is -2.29. The summed E-state index contributed by atoms with van der Waals surface area (Å²) in [6.07, 6.45) is -2.73. The van der Waals surface area contributed by atoms with Crippen LogP contribution in [0.5, 0.6) is 0 Å². The van der Waals surface area contributed by atoms with E-state index in [4.69, 9.17) is 5.73 Å². The highest BCUT2D eigenvalue weighted by atomic mass is 19.4. The Morgan fingerprint density at radius 2 is 2.00 bits per heavy atom. The van der Waals surface area contributed by atoms with Gasteiger partial charge in [0, 0.05) is 6.42 Å². The van der Waals surface area contributed by atoms with Gasteiger partial charge in [-0.05, 0) is 56.5 Å². The van der Waals surface area contributed by atoms with Gasteiger partial charge in [-0.2, -0.15) is 13.2 Å². The predicted molar refractivity (Wildman–Crippen MR) is 86.3 cm³/mol. The summed E-state index contributed by atoms with van der Waals surface area (Å²) in [5.41, 5.74) is 2.79. The molecule has 0 saturated carbocycles. The van der Waals surface area contributed by atoms with Gasteiger partial charge in [0.1, 0.15) is 5.54 Å². The van der Waals surface area contributed by atoms with Crippen molar-refractivity contribution >= 4 is 11.8 Å². The Labute approximate surface area is 144 Å². The summed E-state index contributed by atoms with van der Waals surface area (Å²) in [6, 6.07) is 4.28. The van der Waals surface area contributed by atoms with Gasteiger partial charge in [0.05, 0.1) is 5.56 Å². The fourth-order valence-corrected chi connectivity index (χ4v) is 2.92. The van der Waals surface area contributed by atoms with E-state index in [2.05, 4.69) is 10.6 Å². The van der Waals surface area contributed by atoms with Gasteiger partial charge < -0.3 is 16.4 Å². The van der Waals surface area contributed by atoms with E-state index in [1.54, 1.807) is 0 Å². The van der Waals surface area contributed by atoms with E-state index in [-0.39, 0.29) is 12.0 Å². The van der Waals surface area contributed by atoms with Crippen LogP contribution in [0.25, 0.3) is 0 Å². The fourth-order valence-electron chi connectivity index (χ4n) is 2.92. The molecule has 25 heavy (non-hydrogen) atoms. The Balaban J connectivity index is 2.14. The van der Waals surface area contributed by atoms with Crippen LogP contribution >= 0.6 is 0 Å². The fraction of sp³-hybridized carbons (Fsp3) is 0.529. The maximum atomic E-state index is 12.9. The average Bonchev–Trinajstić information content (AvgIpc) is 3.05. The standard InChI is InChI=1S/C17H22F3N3O2/c1-16(15(21)25,12-3-2-4-13(9-12)17(18,19)20)23-14(24)6-5-11-7-8-22-10-11/h2-4,9,11,22H,5-8,10H2,1H3,(H2,21,25)(H,23,24). The second-order valence-electron chi connectivity index (χ2n) is 6.51. The third kappa shape index (κ3) is 4.72. The first-order chi connectivity index (χ1) is 11.6. The van der Waals surface area contributed by atoms with E-state index in [1.165, 1.54) is 19.1 Å². The number of rotatable bonds is 6. The molecule has 1 aliphatic heterocycles. The first-order valence-electron chi connectivity index (χ1n) is 8.12. The molecule has 2 amide bonds. The van der Waals surface area contributed by atoms with Crippen LogP contribution < -0.4 is 16.4 Å². The maximum absolute atomic E-state index is 12.9. The molecule has 2 unspecified atom stereocenters. The molecule has 1 aliphatic rings. The largest absolute Gasteiger partial charge is 0.416 e. The van der Waals surface area contributed by atoms with Crippen LogP contribution in [0, 0.1) is 5.92 Å². The molecule has 138 valence electrons. The number of amides is 2. The smallest absolute Gasteiger partial charge is 0.367 e. The highest BCUT2D eigenvalue weighted by Crippen LogP contribution is 2.32. The van der Waals surface area contributed by atoms with E-state index in [1.807, 2.05) is 0 Å². The van der Waals surface area contributed by atoms with Gasteiger partial charge in [0.2, 0.25) is 11.8 Å². The summed E-state index contributed by atoms with van der Waals surface area (Å²) in [7, 11) is 0. The van der Waals surface area contributed by atoms with E-state index in [9.17, 15) is 22.8 Å². The molecule has 5 nitrogen and oxygen atoms in total. The van der Waals surface area contributed by atoms with Crippen LogP contribution in [-0.4, -0.2) is 24.9 Å². The summed E-state index contributed by atoms with van der Waals surface area (Å²) in [4.78, 5) is 24.1. The molecule has 1 aromatic carbocycles. The molecule has 2 rings (SSSR count). The van der Waals surface area contributed by atoms with E-state index in [0.29, 0.717) is 12.3 Å². The number of benzene rings is 1. The third-order valence-corrected chi connectivity index (χ3v) is 4.59. The second-order valence-corrected chi connectivity index (χ2v) is 6.51. The lowest BCUT2D eigenvalue weighted by Crippen LogP contribution is -2.52. The van der Waals surface area contributed by atoms with Crippen molar-refractivity contribution in [1.82, 2.24) is 10.6 Å². The molecule has 1 saturated heterocycles. The quantitative estimate of drug-likeness (QED) is 0.727. The molecule has 0 aliphatic carbocycles. The molecule has 2 atom stereocenters. The van der Waals surface area contributed by atoms with Gasteiger partial charge in [-0.15, -0.1) is 0 Å². The summed E-state index contributed by atoms with van der Waals surface area (Å²) >= 11 is 0. The number of primary amides is 1. The minimum atomic E-state index is -4.55. The van der Waals surface area contributed by atoms with E-state index in [0.717, 1.165) is 31.6 Å². The number of carbonyl (C=O) groups is 2. The van der Waals surface area contributed by atoms with Crippen LogP contribution in [0.15, 0.2) is 24.3 Å². The molecule has 0 bridgehead atoms. The zero-order chi connectivity index (χ0) is 18.7. The Morgan fingerprint density at radius 3 is 2.56 bits per heavy atom. The SMILES string of the molecule is CC(NC(=O)CCC1CCNC1)(C(N)=O)c1cccc(C(F)(F)F)c1. The van der Waals surface area contributed by atoms with Crippen molar-refractivity contribution in [3.63, 3.8) is 0 Å². The highest BCUT2D eigenvalue weighted by Gasteiger charge is 2.38. The van der Waals surface area contributed by atoms with Crippen LogP contribution in [0.3, 0.4) is 0 Å². The first-order valence-corrected chi connectivity index (χ1v) is 8.12. The maximum Gasteiger partial charge on any atom is 0.416 e. The molecule has 8 heteroatoms. The van der Waals surface area contributed by atoms with Crippen molar-refractivity contribution in [1.29, 1.82) is 0 Å². The van der Waals surface area contributed by atoms with Gasteiger partial charge in [-0.3, -0.25) is 9.59 Å². The summed E-state index contributed by atoms with van der Waals surface area (Å²) in [5, 5.41) is 5.71. The zero-order valence-electron chi connectivity index (χ0n) is 14.0. The molecule has 1 aromatic rings. The molecule has 4 N–H and O–H groups in total. The van der Waals surface area contributed by atoms with Crippen LogP contribution in [0.4, 0.5) is 13.2 Å². The van der Waals surface area contributed by atoms with E-state index >= 15 is 0 Å². The van der Waals surface area contributed by atoms with Crippen molar-refractivity contribution in [3.05, 3.63) is 35.4 Å². The van der Waals surface area contributed by atoms with Crippen molar-refractivity contribution in [2.45, 2.75) is 37.9 Å². The van der Waals surface area contributed by atoms with Crippen molar-refractivity contribution in [3.8, 4) is 0 Å². The molecule has 1 heterocycles. The van der Waals surface area contributed by atoms with Gasteiger partial charge in [0.25, 0.3) is 0 Å². The number of hydrogen-bond acceptors (Lipinski definition) is 3. The summed E-state index contributed by atoms with van der Waals surface area (Å²) in [6.45, 7) is 3.07. The monoisotopic (exact) mass is 357 g/mol. The van der Waals surface area contributed by atoms with Crippen molar-refractivity contribution in [2.24, 2.45) is 11.7 Å². The predicted octanol–water partition coefficient (Wildman–Crippen LogP) is 1.91. The van der Waals surface area contributed by atoms with Gasteiger partial charge in [-0.1, -0.05) is 12.1 Å². The molecular formula is C17H22F3N3O2. The lowest BCUT2D eigenvalue weighted by atomic mass is 9.89. The number of nitrogens with one attached hydrogen (secondary N) is 2. The lowest BCUT2D eigenvalue weighted by molar-refractivity contribution is -0.138. The van der Waals surface area contributed by atoms with Gasteiger partial charge in [0.15, 0.2) is 0 Å². The topological polar surface area (TPSA) is 84.2 Å². The van der Waals surface area contributed by atoms with Crippen LogP contribution in [0.1, 0.15) is 37.3 Å². The molecule has 0 aromatic heterocycles. The second kappa shape index (κ2) is 7.43. The number of alkyl halides is 3. The van der Waals surface area contributed by atoms with Gasteiger partial charge in [-0.25, -0.2) is 0 Å². The number of carbonyl (C=O) groups excluding carboxylic acids is 2. The van der Waals surface area contributed by atoms with E-state index < -0.39 is 29.1 Å². The van der Waals surface area contributed by atoms with Crippen LogP contribution in [0.2, 0.25) is 0 Å². The molecular weight excluding hydrogens is 335 g/mol. The first kappa shape index (κ1) is 19.2. The molecule has 0 radical (unpaired) electrons. The Morgan fingerprint density at radius 1 is 1.32 bits per heavy atom. The number of halogens is 3. The highest BCUT2D eigenvalue weighted by molar-refractivity contribution is 5.91. The van der Waals surface area contributed by atoms with Crippen molar-refractivity contribution in [2.75, 3.05) is 13.1 Å². The van der Waals surface area contributed by atoms with Crippen LogP contribution in [-0.2, 0) is 21.3 Å². The Kier molecular flexibility index (Phi) is 5.72. The van der Waals surface area contributed by atoms with Crippen molar-refractivity contribution < 1.29 is 22.8 Å². The third-order valence-electron chi connectivity index (χ3n) is 4.59. The normalized spacial score (nSPS) is 20.1. The zero-order valence-corrected chi connectivity index (χ0v) is 14.0.